The molecule has 0 aliphatic rings. The number of aryl methyl sites for hydroxylation is 1. The highest BCUT2D eigenvalue weighted by atomic mass is 35.5. The highest BCUT2D eigenvalue weighted by Gasteiger charge is 1.93. The molecule has 0 radical (unpaired) electrons. The van der Waals surface area contributed by atoms with Crippen LogP contribution in [0.4, 0.5) is 0 Å². The van der Waals surface area contributed by atoms with Crippen LogP contribution in [0.3, 0.4) is 0 Å². The molecular formula is C7H10ClN. The van der Waals surface area contributed by atoms with Crippen molar-refractivity contribution in [2.24, 2.45) is 0 Å². The summed E-state index contributed by atoms with van der Waals surface area (Å²) in [7, 11) is 0. The molecule has 0 bridgehead atoms. The minimum Gasteiger partial charge on any atom is -0.265 e. The van der Waals surface area contributed by atoms with E-state index in [1.54, 1.807) is 4.09 Å². The second kappa shape index (κ2) is 2.92. The highest BCUT2D eigenvalue weighted by molar-refractivity contribution is 6.15. The third kappa shape index (κ3) is 1.49. The average Bonchev–Trinajstić information content (AvgIpc) is 2.18. The molecule has 0 atom stereocenters. The average molecular weight is 144 g/mol. The Bertz CT molecular complexity index is 181. The lowest BCUT2D eigenvalue weighted by atomic mass is 10.3. The van der Waals surface area contributed by atoms with Crippen molar-refractivity contribution in [2.75, 3.05) is 0 Å². The third-order valence-electron chi connectivity index (χ3n) is 1.29. The Morgan fingerprint density at radius 1 is 1.67 bits per heavy atom. The maximum atomic E-state index is 5.74. The van der Waals surface area contributed by atoms with E-state index in [-0.39, 0.29) is 0 Å². The Hall–Kier alpha value is -0.430. The first-order chi connectivity index (χ1) is 4.34. The van der Waals surface area contributed by atoms with E-state index in [9.17, 15) is 0 Å². The van der Waals surface area contributed by atoms with Crippen molar-refractivity contribution in [2.45, 2.75) is 19.8 Å². The lowest BCUT2D eigenvalue weighted by molar-refractivity contribution is 0.875. The van der Waals surface area contributed by atoms with Gasteiger partial charge in [0.15, 0.2) is 0 Å². The number of hydrogen-bond acceptors (Lipinski definition) is 0. The molecule has 1 rings (SSSR count). The molecule has 0 amide bonds. The van der Waals surface area contributed by atoms with Gasteiger partial charge < -0.3 is 0 Å². The standard InChI is InChI=1S/C7H10ClN/c1-2-4-7-5-3-6-9(7)8/h3,5-6H,2,4H2,1H3. The fourth-order valence-corrected chi connectivity index (χ4v) is 1.05. The van der Waals surface area contributed by atoms with E-state index in [2.05, 4.69) is 6.92 Å². The molecule has 0 aliphatic carbocycles. The van der Waals surface area contributed by atoms with Crippen LogP contribution in [0.15, 0.2) is 18.3 Å². The molecule has 0 spiro atoms. The lowest BCUT2D eigenvalue weighted by Crippen LogP contribution is -1.87. The predicted octanol–water partition coefficient (Wildman–Crippen LogP) is 2.44. The molecule has 1 nitrogen and oxygen atoms in total. The van der Waals surface area contributed by atoms with Crippen molar-refractivity contribution in [3.63, 3.8) is 0 Å². The normalized spacial score (nSPS) is 10.0. The van der Waals surface area contributed by atoms with Gasteiger partial charge in [-0.1, -0.05) is 13.3 Å². The summed E-state index contributed by atoms with van der Waals surface area (Å²) in [6.07, 6.45) is 4.07. The molecule has 0 fully saturated rings. The van der Waals surface area contributed by atoms with Gasteiger partial charge in [-0.3, -0.25) is 4.09 Å². The molecule has 2 heteroatoms. The fraction of sp³-hybridized carbons (Fsp3) is 0.429. The van der Waals surface area contributed by atoms with Gasteiger partial charge in [0, 0.05) is 23.7 Å². The Morgan fingerprint density at radius 2 is 2.44 bits per heavy atom. The van der Waals surface area contributed by atoms with E-state index in [1.165, 1.54) is 5.69 Å². The highest BCUT2D eigenvalue weighted by Crippen LogP contribution is 2.05. The number of halogens is 1. The summed E-state index contributed by atoms with van der Waals surface area (Å²) in [6, 6.07) is 3.99. The van der Waals surface area contributed by atoms with Crippen LogP contribution in [0.25, 0.3) is 0 Å². The minimum absolute atomic E-state index is 1.07. The third-order valence-corrected chi connectivity index (χ3v) is 1.62. The van der Waals surface area contributed by atoms with Gasteiger partial charge in [0.05, 0.1) is 0 Å². The van der Waals surface area contributed by atoms with Crippen molar-refractivity contribution >= 4 is 11.8 Å². The Kier molecular flexibility index (Phi) is 2.17. The molecule has 1 heterocycles. The second-order valence-corrected chi connectivity index (χ2v) is 2.42. The van der Waals surface area contributed by atoms with Gasteiger partial charge in [0.25, 0.3) is 0 Å². The SMILES string of the molecule is CCCc1cccn1Cl. The molecule has 0 N–H and O–H groups in total. The van der Waals surface area contributed by atoms with Gasteiger partial charge in [-0.25, -0.2) is 0 Å². The molecule has 50 valence electrons. The summed E-state index contributed by atoms with van der Waals surface area (Å²) in [4.78, 5) is 0. The van der Waals surface area contributed by atoms with Crippen molar-refractivity contribution in [1.82, 2.24) is 4.09 Å². The van der Waals surface area contributed by atoms with Crippen LogP contribution in [0.5, 0.6) is 0 Å². The van der Waals surface area contributed by atoms with Crippen molar-refractivity contribution < 1.29 is 0 Å². The first-order valence-electron chi connectivity index (χ1n) is 3.17. The lowest BCUT2D eigenvalue weighted by Gasteiger charge is -1.95. The monoisotopic (exact) mass is 143 g/mol. The maximum Gasteiger partial charge on any atom is 0.0348 e. The van der Waals surface area contributed by atoms with Crippen molar-refractivity contribution in [3.8, 4) is 0 Å². The van der Waals surface area contributed by atoms with Gasteiger partial charge >= 0.3 is 0 Å². The summed E-state index contributed by atoms with van der Waals surface area (Å²) in [5.74, 6) is 0. The van der Waals surface area contributed by atoms with Gasteiger partial charge in [-0.05, 0) is 18.6 Å². The number of rotatable bonds is 2. The van der Waals surface area contributed by atoms with E-state index < -0.39 is 0 Å². The van der Waals surface area contributed by atoms with Gasteiger partial charge in [0.1, 0.15) is 0 Å². The molecule has 0 saturated carbocycles. The topological polar surface area (TPSA) is 4.93 Å². The first kappa shape index (κ1) is 6.69. The summed E-state index contributed by atoms with van der Waals surface area (Å²) in [5, 5.41) is 0. The van der Waals surface area contributed by atoms with Crippen LogP contribution in [-0.4, -0.2) is 4.09 Å². The van der Waals surface area contributed by atoms with Gasteiger partial charge in [-0.15, -0.1) is 0 Å². The largest absolute Gasteiger partial charge is 0.265 e. The zero-order valence-electron chi connectivity index (χ0n) is 5.47. The van der Waals surface area contributed by atoms with Crippen LogP contribution in [-0.2, 0) is 6.42 Å². The van der Waals surface area contributed by atoms with Crippen molar-refractivity contribution in [1.29, 1.82) is 0 Å². The molecule has 0 aliphatic heterocycles. The van der Waals surface area contributed by atoms with Crippen LogP contribution >= 0.6 is 11.8 Å². The predicted molar refractivity (Wildman–Crippen MR) is 39.7 cm³/mol. The zero-order valence-corrected chi connectivity index (χ0v) is 6.23. The van der Waals surface area contributed by atoms with Crippen LogP contribution in [0.2, 0.25) is 0 Å². The Labute approximate surface area is 60.4 Å². The minimum atomic E-state index is 1.07. The van der Waals surface area contributed by atoms with Crippen LogP contribution in [0, 0.1) is 0 Å². The van der Waals surface area contributed by atoms with E-state index >= 15 is 0 Å². The summed E-state index contributed by atoms with van der Waals surface area (Å²) in [5.41, 5.74) is 1.19. The molecule has 9 heavy (non-hydrogen) atoms. The summed E-state index contributed by atoms with van der Waals surface area (Å²) >= 11 is 5.74. The first-order valence-corrected chi connectivity index (χ1v) is 3.50. The molecule has 0 unspecified atom stereocenters. The molecule has 0 saturated heterocycles. The quantitative estimate of drug-likeness (QED) is 0.600. The van der Waals surface area contributed by atoms with Gasteiger partial charge in [0.2, 0.25) is 0 Å². The Morgan fingerprint density at radius 3 is 2.89 bits per heavy atom. The van der Waals surface area contributed by atoms with E-state index in [1.807, 2.05) is 18.3 Å². The van der Waals surface area contributed by atoms with Gasteiger partial charge in [-0.2, -0.15) is 0 Å². The number of hydrogen-bond donors (Lipinski definition) is 0. The summed E-state index contributed by atoms with van der Waals surface area (Å²) in [6.45, 7) is 2.14. The number of nitrogens with zero attached hydrogens (tertiary/aromatic N) is 1. The molecule has 1 aromatic heterocycles. The summed E-state index contributed by atoms with van der Waals surface area (Å²) < 4.78 is 1.64. The fourth-order valence-electron chi connectivity index (χ4n) is 0.843. The smallest absolute Gasteiger partial charge is 0.0348 e. The van der Waals surface area contributed by atoms with E-state index in [4.69, 9.17) is 11.8 Å². The van der Waals surface area contributed by atoms with Crippen LogP contribution < -0.4 is 0 Å². The Balaban J connectivity index is 2.69. The van der Waals surface area contributed by atoms with Crippen LogP contribution in [0.1, 0.15) is 19.0 Å². The molecule has 1 aromatic rings. The number of aromatic nitrogens is 1. The van der Waals surface area contributed by atoms with Crippen molar-refractivity contribution in [3.05, 3.63) is 24.0 Å². The zero-order chi connectivity index (χ0) is 6.69. The molecule has 0 aromatic carbocycles. The van der Waals surface area contributed by atoms with E-state index in [0.717, 1.165) is 12.8 Å². The molecular weight excluding hydrogens is 134 g/mol. The van der Waals surface area contributed by atoms with E-state index in [0.29, 0.717) is 0 Å². The maximum absolute atomic E-state index is 5.74. The second-order valence-electron chi connectivity index (χ2n) is 2.06.